The van der Waals surface area contributed by atoms with Crippen molar-refractivity contribution < 1.29 is 9.53 Å². The molecule has 0 atom stereocenters. The monoisotopic (exact) mass is 288 g/mol. The lowest BCUT2D eigenvalue weighted by atomic mass is 10.0. The van der Waals surface area contributed by atoms with Gasteiger partial charge in [-0.25, -0.2) is 0 Å². The fraction of sp³-hybridized carbons (Fsp3) is 0.235. The molecule has 0 bridgehead atoms. The second-order valence-electron chi connectivity index (χ2n) is 4.96. The average molecular weight is 289 g/mol. The van der Waals surface area contributed by atoms with Crippen LogP contribution in [0.25, 0.3) is 0 Å². The molecule has 104 valence electrons. The number of aryl methyl sites for hydroxylation is 2. The van der Waals surface area contributed by atoms with Crippen LogP contribution in [0.3, 0.4) is 0 Å². The van der Waals surface area contributed by atoms with Gasteiger partial charge in [-0.1, -0.05) is 47.0 Å². The summed E-state index contributed by atoms with van der Waals surface area (Å²) in [5, 5.41) is 0.601. The summed E-state index contributed by atoms with van der Waals surface area (Å²) in [6, 6.07) is 13.2. The Bertz CT molecular complexity index is 600. The second kappa shape index (κ2) is 6.58. The van der Waals surface area contributed by atoms with E-state index in [2.05, 4.69) is 6.07 Å². The number of hydrogen-bond donors (Lipinski definition) is 0. The maximum Gasteiger partial charge on any atom is 0.174 e. The quantitative estimate of drug-likeness (QED) is 0.826. The molecule has 0 heterocycles. The molecule has 2 aromatic rings. The van der Waals surface area contributed by atoms with Crippen LogP contribution in [0.2, 0.25) is 5.02 Å². The number of rotatable bonds is 5. The minimum Gasteiger partial charge on any atom is -0.486 e. The van der Waals surface area contributed by atoms with Gasteiger partial charge < -0.3 is 4.74 Å². The highest BCUT2D eigenvalue weighted by Gasteiger charge is 2.06. The molecule has 0 unspecified atom stereocenters. The largest absolute Gasteiger partial charge is 0.486 e. The van der Waals surface area contributed by atoms with E-state index in [1.807, 2.05) is 26.0 Å². The molecule has 0 aromatic heterocycles. The highest BCUT2D eigenvalue weighted by Crippen LogP contribution is 2.17. The molecule has 2 nitrogen and oxygen atoms in total. The van der Waals surface area contributed by atoms with Crippen molar-refractivity contribution in [2.45, 2.75) is 20.3 Å². The van der Waals surface area contributed by atoms with Gasteiger partial charge in [-0.15, -0.1) is 0 Å². The SMILES string of the molecule is Cc1cc(C)cc(CC(=O)COc2cccc(Cl)c2)c1. The van der Waals surface area contributed by atoms with Gasteiger partial charge in [0.2, 0.25) is 0 Å². The first-order chi connectivity index (χ1) is 9.52. The Morgan fingerprint density at radius 1 is 1.10 bits per heavy atom. The van der Waals surface area contributed by atoms with Crippen LogP contribution in [0.4, 0.5) is 0 Å². The van der Waals surface area contributed by atoms with Crippen molar-refractivity contribution in [1.29, 1.82) is 0 Å². The van der Waals surface area contributed by atoms with Crippen molar-refractivity contribution >= 4 is 17.4 Å². The fourth-order valence-corrected chi connectivity index (χ4v) is 2.35. The number of benzene rings is 2. The van der Waals surface area contributed by atoms with Gasteiger partial charge in [0.15, 0.2) is 5.78 Å². The highest BCUT2D eigenvalue weighted by atomic mass is 35.5. The van der Waals surface area contributed by atoms with Gasteiger partial charge in [0.1, 0.15) is 12.4 Å². The Balaban J connectivity index is 1.92. The maximum absolute atomic E-state index is 11.9. The van der Waals surface area contributed by atoms with Gasteiger partial charge in [-0.05, 0) is 37.6 Å². The lowest BCUT2D eigenvalue weighted by Gasteiger charge is -2.07. The van der Waals surface area contributed by atoms with Crippen LogP contribution < -0.4 is 4.74 Å². The normalized spacial score (nSPS) is 10.3. The van der Waals surface area contributed by atoms with E-state index in [4.69, 9.17) is 16.3 Å². The van der Waals surface area contributed by atoms with Crippen LogP contribution in [0.5, 0.6) is 5.75 Å². The summed E-state index contributed by atoms with van der Waals surface area (Å²) >= 11 is 5.86. The van der Waals surface area contributed by atoms with Crippen molar-refractivity contribution in [2.24, 2.45) is 0 Å². The first-order valence-corrected chi connectivity index (χ1v) is 6.88. The lowest BCUT2D eigenvalue weighted by molar-refractivity contribution is -0.120. The maximum atomic E-state index is 11.9. The predicted octanol–water partition coefficient (Wildman–Crippen LogP) is 4.15. The molecule has 0 aliphatic carbocycles. The minimum absolute atomic E-state index is 0.0509. The number of ketones is 1. The molecule has 2 aromatic carbocycles. The van der Waals surface area contributed by atoms with Crippen LogP contribution >= 0.6 is 11.6 Å². The average Bonchev–Trinajstić information content (AvgIpc) is 2.35. The summed E-state index contributed by atoms with van der Waals surface area (Å²) in [6.07, 6.45) is 0.392. The first-order valence-electron chi connectivity index (χ1n) is 6.50. The van der Waals surface area contributed by atoms with E-state index in [1.165, 1.54) is 11.1 Å². The molecule has 0 spiro atoms. The molecule has 0 aliphatic heterocycles. The number of hydrogen-bond acceptors (Lipinski definition) is 2. The predicted molar refractivity (Wildman–Crippen MR) is 81.6 cm³/mol. The number of carbonyl (C=O) groups is 1. The molecule has 0 radical (unpaired) electrons. The third kappa shape index (κ3) is 4.39. The Labute approximate surface area is 124 Å². The molecule has 20 heavy (non-hydrogen) atoms. The van der Waals surface area contributed by atoms with Crippen molar-refractivity contribution in [3.05, 3.63) is 64.2 Å². The smallest absolute Gasteiger partial charge is 0.174 e. The zero-order valence-electron chi connectivity index (χ0n) is 11.7. The van der Waals surface area contributed by atoms with Gasteiger partial charge in [-0.3, -0.25) is 4.79 Å². The molecular formula is C17H17ClO2. The number of ether oxygens (including phenoxy) is 1. The van der Waals surface area contributed by atoms with Crippen LogP contribution in [0.15, 0.2) is 42.5 Å². The standard InChI is InChI=1S/C17H17ClO2/c1-12-6-13(2)8-14(7-12)9-16(19)11-20-17-5-3-4-15(18)10-17/h3-8,10H,9,11H2,1-2H3. The molecule has 0 saturated carbocycles. The van der Waals surface area contributed by atoms with Crippen LogP contribution in [-0.2, 0) is 11.2 Å². The number of halogens is 1. The fourth-order valence-electron chi connectivity index (χ4n) is 2.17. The summed E-state index contributed by atoms with van der Waals surface area (Å²) in [5.41, 5.74) is 3.37. The Morgan fingerprint density at radius 2 is 1.80 bits per heavy atom. The van der Waals surface area contributed by atoms with Crippen molar-refractivity contribution in [1.82, 2.24) is 0 Å². The van der Waals surface area contributed by atoms with Gasteiger partial charge in [-0.2, -0.15) is 0 Å². The summed E-state index contributed by atoms with van der Waals surface area (Å²) in [7, 11) is 0. The summed E-state index contributed by atoms with van der Waals surface area (Å²) in [6.45, 7) is 4.13. The van der Waals surface area contributed by atoms with Crippen LogP contribution in [-0.4, -0.2) is 12.4 Å². The van der Waals surface area contributed by atoms with Crippen molar-refractivity contribution in [2.75, 3.05) is 6.61 Å². The van der Waals surface area contributed by atoms with E-state index >= 15 is 0 Å². The van der Waals surface area contributed by atoms with Crippen LogP contribution in [0.1, 0.15) is 16.7 Å². The third-order valence-electron chi connectivity index (χ3n) is 2.88. The van der Waals surface area contributed by atoms with E-state index in [-0.39, 0.29) is 12.4 Å². The number of Topliss-reactive ketones (excluding diaryl/α,β-unsaturated/α-hetero) is 1. The Kier molecular flexibility index (Phi) is 4.80. The molecule has 3 heteroatoms. The minimum atomic E-state index is 0.0509. The second-order valence-corrected chi connectivity index (χ2v) is 5.39. The lowest BCUT2D eigenvalue weighted by Crippen LogP contribution is -2.14. The summed E-state index contributed by atoms with van der Waals surface area (Å²) < 4.78 is 5.45. The molecule has 0 N–H and O–H groups in total. The van der Waals surface area contributed by atoms with Gasteiger partial charge in [0.25, 0.3) is 0 Å². The molecule has 2 rings (SSSR count). The molecule has 0 fully saturated rings. The van der Waals surface area contributed by atoms with E-state index in [9.17, 15) is 4.79 Å². The molecular weight excluding hydrogens is 272 g/mol. The van der Waals surface area contributed by atoms with Gasteiger partial charge in [0, 0.05) is 11.4 Å². The van der Waals surface area contributed by atoms with E-state index in [1.54, 1.807) is 24.3 Å². The van der Waals surface area contributed by atoms with E-state index in [0.29, 0.717) is 17.2 Å². The van der Waals surface area contributed by atoms with E-state index < -0.39 is 0 Å². The number of carbonyl (C=O) groups excluding carboxylic acids is 1. The molecule has 0 amide bonds. The summed E-state index contributed by atoms with van der Waals surface area (Å²) in [4.78, 5) is 11.9. The zero-order valence-corrected chi connectivity index (χ0v) is 12.4. The first kappa shape index (κ1) is 14.6. The topological polar surface area (TPSA) is 26.3 Å². The van der Waals surface area contributed by atoms with E-state index in [0.717, 1.165) is 5.56 Å². The van der Waals surface area contributed by atoms with Crippen LogP contribution in [0, 0.1) is 13.8 Å². The zero-order chi connectivity index (χ0) is 14.5. The Hall–Kier alpha value is -1.80. The summed E-state index contributed by atoms with van der Waals surface area (Å²) in [5.74, 6) is 0.668. The van der Waals surface area contributed by atoms with Gasteiger partial charge in [0.05, 0.1) is 0 Å². The molecule has 0 saturated heterocycles. The highest BCUT2D eigenvalue weighted by molar-refractivity contribution is 6.30. The van der Waals surface area contributed by atoms with Gasteiger partial charge >= 0.3 is 0 Å². The van der Waals surface area contributed by atoms with Crippen molar-refractivity contribution in [3.63, 3.8) is 0 Å². The third-order valence-corrected chi connectivity index (χ3v) is 3.11. The molecule has 0 aliphatic rings. The van der Waals surface area contributed by atoms with Crippen molar-refractivity contribution in [3.8, 4) is 5.75 Å². The Morgan fingerprint density at radius 3 is 2.45 bits per heavy atom.